The summed E-state index contributed by atoms with van der Waals surface area (Å²) in [5, 5.41) is 18.2. The minimum absolute atomic E-state index is 0.295. The SMILES string of the molecule is Cc1c(SN2Cc3ccc(C#N)cc3C2)cc(C(=O)O)n1C. The molecule has 1 aromatic heterocycles. The molecule has 0 saturated heterocycles. The number of nitriles is 1. The number of hydrogen-bond donors (Lipinski definition) is 1. The molecule has 112 valence electrons. The topological polar surface area (TPSA) is 69.3 Å². The Labute approximate surface area is 132 Å². The van der Waals surface area contributed by atoms with Crippen molar-refractivity contribution in [1.29, 1.82) is 5.26 Å². The van der Waals surface area contributed by atoms with Crippen molar-refractivity contribution in [3.63, 3.8) is 0 Å². The number of carbonyl (C=O) groups is 1. The zero-order valence-electron chi connectivity index (χ0n) is 12.3. The van der Waals surface area contributed by atoms with Crippen molar-refractivity contribution in [2.45, 2.75) is 24.9 Å². The first kappa shape index (κ1) is 14.7. The van der Waals surface area contributed by atoms with Gasteiger partial charge in [0.15, 0.2) is 0 Å². The Morgan fingerprint density at radius 1 is 1.32 bits per heavy atom. The van der Waals surface area contributed by atoms with Crippen LogP contribution in [0.15, 0.2) is 29.2 Å². The van der Waals surface area contributed by atoms with E-state index in [9.17, 15) is 9.90 Å². The van der Waals surface area contributed by atoms with Gasteiger partial charge in [0.25, 0.3) is 0 Å². The highest BCUT2D eigenvalue weighted by atomic mass is 32.2. The molecule has 0 unspecified atom stereocenters. The number of nitrogens with zero attached hydrogens (tertiary/aromatic N) is 3. The van der Waals surface area contributed by atoms with Crippen molar-refractivity contribution in [2.24, 2.45) is 7.05 Å². The van der Waals surface area contributed by atoms with Gasteiger partial charge in [-0.2, -0.15) is 5.26 Å². The fraction of sp³-hybridized carbons (Fsp3) is 0.250. The molecule has 1 aliphatic heterocycles. The lowest BCUT2D eigenvalue weighted by Gasteiger charge is -2.13. The molecule has 0 fully saturated rings. The molecule has 0 aliphatic carbocycles. The molecule has 3 rings (SSSR count). The normalized spacial score (nSPS) is 13.9. The zero-order chi connectivity index (χ0) is 15.9. The van der Waals surface area contributed by atoms with Crippen LogP contribution >= 0.6 is 11.9 Å². The third-order valence-electron chi connectivity index (χ3n) is 3.96. The average Bonchev–Trinajstić information content (AvgIpc) is 3.02. The molecule has 0 spiro atoms. The van der Waals surface area contributed by atoms with Crippen LogP contribution in [0.3, 0.4) is 0 Å². The fourth-order valence-corrected chi connectivity index (χ4v) is 3.72. The first-order valence-corrected chi connectivity index (χ1v) is 7.61. The molecular formula is C16H15N3O2S. The minimum atomic E-state index is -0.916. The predicted molar refractivity (Wildman–Crippen MR) is 83.4 cm³/mol. The highest BCUT2D eigenvalue weighted by molar-refractivity contribution is 7.97. The molecule has 0 saturated carbocycles. The minimum Gasteiger partial charge on any atom is -0.477 e. The van der Waals surface area contributed by atoms with Gasteiger partial charge >= 0.3 is 5.97 Å². The van der Waals surface area contributed by atoms with Crippen LogP contribution in [0, 0.1) is 18.3 Å². The Kier molecular flexibility index (Phi) is 3.69. The van der Waals surface area contributed by atoms with Gasteiger partial charge in [0.1, 0.15) is 5.69 Å². The van der Waals surface area contributed by atoms with Crippen molar-refractivity contribution in [2.75, 3.05) is 0 Å². The van der Waals surface area contributed by atoms with E-state index in [4.69, 9.17) is 5.26 Å². The van der Waals surface area contributed by atoms with Crippen molar-refractivity contribution < 1.29 is 9.90 Å². The standard InChI is InChI=1S/C16H15N3O2S/c1-10-15(6-14(16(20)21)18(10)2)22-19-8-12-4-3-11(7-17)5-13(12)9-19/h3-6H,8-9H2,1-2H3,(H,20,21). The van der Waals surface area contributed by atoms with E-state index in [0.717, 1.165) is 23.7 Å². The van der Waals surface area contributed by atoms with Crippen LogP contribution in [-0.4, -0.2) is 19.9 Å². The van der Waals surface area contributed by atoms with Gasteiger partial charge in [0, 0.05) is 30.7 Å². The van der Waals surface area contributed by atoms with E-state index in [0.29, 0.717) is 11.3 Å². The molecule has 0 atom stereocenters. The van der Waals surface area contributed by atoms with Crippen LogP contribution in [0.4, 0.5) is 0 Å². The molecule has 1 aliphatic rings. The van der Waals surface area contributed by atoms with Gasteiger partial charge in [-0.05, 0) is 48.2 Å². The van der Waals surface area contributed by atoms with E-state index in [1.54, 1.807) is 29.6 Å². The van der Waals surface area contributed by atoms with E-state index < -0.39 is 5.97 Å². The number of fused-ring (bicyclic) bond motifs is 1. The van der Waals surface area contributed by atoms with E-state index in [1.165, 1.54) is 11.1 Å². The van der Waals surface area contributed by atoms with Gasteiger partial charge in [0.05, 0.1) is 11.6 Å². The summed E-state index contributed by atoms with van der Waals surface area (Å²) in [5.41, 5.74) is 4.30. The van der Waals surface area contributed by atoms with Gasteiger partial charge in [-0.15, -0.1) is 0 Å². The molecule has 22 heavy (non-hydrogen) atoms. The van der Waals surface area contributed by atoms with E-state index in [-0.39, 0.29) is 0 Å². The number of carboxylic acids is 1. The molecule has 0 radical (unpaired) electrons. The van der Waals surface area contributed by atoms with Crippen molar-refractivity contribution in [3.8, 4) is 6.07 Å². The first-order chi connectivity index (χ1) is 10.5. The maximum absolute atomic E-state index is 11.2. The molecule has 0 bridgehead atoms. The zero-order valence-corrected chi connectivity index (χ0v) is 13.1. The fourth-order valence-electron chi connectivity index (χ4n) is 2.61. The number of rotatable bonds is 3. The summed E-state index contributed by atoms with van der Waals surface area (Å²) in [5.74, 6) is -0.916. The third kappa shape index (κ3) is 2.49. The highest BCUT2D eigenvalue weighted by Gasteiger charge is 2.23. The average molecular weight is 313 g/mol. The summed E-state index contributed by atoms with van der Waals surface area (Å²) in [6, 6.07) is 9.63. The van der Waals surface area contributed by atoms with Crippen LogP contribution in [-0.2, 0) is 20.1 Å². The lowest BCUT2D eigenvalue weighted by Crippen LogP contribution is -2.06. The molecule has 6 heteroatoms. The third-order valence-corrected chi connectivity index (χ3v) is 5.09. The van der Waals surface area contributed by atoms with Gasteiger partial charge in [-0.3, -0.25) is 0 Å². The summed E-state index contributed by atoms with van der Waals surface area (Å²) in [6.45, 7) is 3.47. The number of benzene rings is 1. The largest absolute Gasteiger partial charge is 0.477 e. The molecule has 1 aromatic carbocycles. The highest BCUT2D eigenvalue weighted by Crippen LogP contribution is 2.35. The van der Waals surface area contributed by atoms with Crippen LogP contribution in [0.25, 0.3) is 0 Å². The van der Waals surface area contributed by atoms with Crippen LogP contribution in [0.5, 0.6) is 0 Å². The number of hydrogen-bond acceptors (Lipinski definition) is 4. The molecular weight excluding hydrogens is 298 g/mol. The first-order valence-electron chi connectivity index (χ1n) is 6.84. The molecule has 0 amide bonds. The smallest absolute Gasteiger partial charge is 0.352 e. The van der Waals surface area contributed by atoms with E-state index in [2.05, 4.69) is 10.4 Å². The number of aromatic carboxylic acids is 1. The predicted octanol–water partition coefficient (Wildman–Crippen LogP) is 2.93. The lowest BCUT2D eigenvalue weighted by molar-refractivity contribution is 0.0686. The maximum atomic E-state index is 11.2. The Bertz CT molecular complexity index is 804. The quantitative estimate of drug-likeness (QED) is 0.882. The van der Waals surface area contributed by atoms with Gasteiger partial charge in [0.2, 0.25) is 0 Å². The molecule has 1 N–H and O–H groups in total. The molecule has 2 aromatic rings. The summed E-state index contributed by atoms with van der Waals surface area (Å²) in [4.78, 5) is 12.2. The molecule has 2 heterocycles. The van der Waals surface area contributed by atoms with E-state index >= 15 is 0 Å². The second kappa shape index (κ2) is 5.52. The Morgan fingerprint density at radius 3 is 2.68 bits per heavy atom. The Morgan fingerprint density at radius 2 is 2.05 bits per heavy atom. The number of carboxylic acid groups (broad SMARTS) is 1. The summed E-state index contributed by atoms with van der Waals surface area (Å²) < 4.78 is 3.88. The van der Waals surface area contributed by atoms with Gasteiger partial charge in [-0.25, -0.2) is 9.10 Å². The van der Waals surface area contributed by atoms with Gasteiger partial charge < -0.3 is 9.67 Å². The second-order valence-corrected chi connectivity index (χ2v) is 6.47. The monoisotopic (exact) mass is 313 g/mol. The van der Waals surface area contributed by atoms with Crippen LogP contribution in [0.1, 0.15) is 32.9 Å². The second-order valence-electron chi connectivity index (χ2n) is 5.33. The Hall–Kier alpha value is -2.23. The lowest BCUT2D eigenvalue weighted by atomic mass is 10.1. The van der Waals surface area contributed by atoms with Crippen molar-refractivity contribution in [1.82, 2.24) is 8.87 Å². The summed E-state index contributed by atoms with van der Waals surface area (Å²) in [7, 11) is 1.76. The van der Waals surface area contributed by atoms with E-state index in [1.807, 2.05) is 25.1 Å². The summed E-state index contributed by atoms with van der Waals surface area (Å²) >= 11 is 1.57. The molecule has 5 nitrogen and oxygen atoms in total. The Balaban J connectivity index is 1.80. The maximum Gasteiger partial charge on any atom is 0.352 e. The van der Waals surface area contributed by atoms with Crippen molar-refractivity contribution in [3.05, 3.63) is 52.3 Å². The van der Waals surface area contributed by atoms with Gasteiger partial charge in [-0.1, -0.05) is 6.07 Å². The van der Waals surface area contributed by atoms with Crippen LogP contribution < -0.4 is 0 Å². The van der Waals surface area contributed by atoms with Crippen LogP contribution in [0.2, 0.25) is 0 Å². The van der Waals surface area contributed by atoms with Crippen molar-refractivity contribution >= 4 is 17.9 Å². The number of aromatic nitrogens is 1. The summed E-state index contributed by atoms with van der Waals surface area (Å²) in [6.07, 6.45) is 0.